The summed E-state index contributed by atoms with van der Waals surface area (Å²) in [6.45, 7) is 27.2. The summed E-state index contributed by atoms with van der Waals surface area (Å²) in [4.78, 5) is 187. The molecule has 10 aliphatic rings. The van der Waals surface area contributed by atoms with Gasteiger partial charge in [0, 0.05) is 11.1 Å². The summed E-state index contributed by atoms with van der Waals surface area (Å²) in [7, 11) is 2.64. The number of nitrogens with two attached hydrogens (primary N) is 3. The number of aryl methyl sites for hydroxylation is 2. The molecule has 47 heteroatoms. The van der Waals surface area contributed by atoms with E-state index in [1.54, 1.807) is 130 Å². The summed E-state index contributed by atoms with van der Waals surface area (Å²) in [6, 6.07) is 3.18. The molecule has 6 aromatic heterocycles. The van der Waals surface area contributed by atoms with Crippen LogP contribution in [0.5, 0.6) is 23.0 Å². The molecule has 0 aromatic carbocycles. The topological polar surface area (TPSA) is 582 Å². The maximum Gasteiger partial charge on any atom is 0.425 e. The Morgan fingerprint density at radius 3 is 1.15 bits per heavy atom. The Labute approximate surface area is 832 Å². The lowest BCUT2D eigenvalue weighted by Crippen LogP contribution is -2.50. The number of imide groups is 2. The Balaban J connectivity index is 0.000000169. The van der Waals surface area contributed by atoms with E-state index in [0.717, 1.165) is 152 Å². The highest BCUT2D eigenvalue weighted by Crippen LogP contribution is 2.51. The third-order valence-corrected chi connectivity index (χ3v) is 24.6. The van der Waals surface area contributed by atoms with Gasteiger partial charge in [-0.2, -0.15) is 9.80 Å². The number of Topliss-reactive ketones (excluding diaryl/α,β-unsaturated/α-hetero) is 2. The van der Waals surface area contributed by atoms with Crippen molar-refractivity contribution in [3.05, 3.63) is 132 Å². The lowest BCUT2D eigenvalue weighted by Gasteiger charge is -2.39. The summed E-state index contributed by atoms with van der Waals surface area (Å²) in [5, 5.41) is 41.0. The Hall–Kier alpha value is -12.3. The highest BCUT2D eigenvalue weighted by molar-refractivity contribution is 9.69. The molecule has 4 saturated carbocycles. The zero-order valence-electron chi connectivity index (χ0n) is 80.8. The van der Waals surface area contributed by atoms with E-state index >= 15 is 0 Å². The Bertz CT molecular complexity index is 6040. The van der Waals surface area contributed by atoms with Crippen molar-refractivity contribution in [2.45, 2.75) is 284 Å². The van der Waals surface area contributed by atoms with Gasteiger partial charge in [-0.05, 0) is 234 Å². The summed E-state index contributed by atoms with van der Waals surface area (Å²) in [6.07, 6.45) is 22.2. The van der Waals surface area contributed by atoms with Gasteiger partial charge in [0.15, 0.2) is 63.2 Å². The van der Waals surface area contributed by atoms with Crippen molar-refractivity contribution in [1.29, 1.82) is 0 Å². The molecule has 15 N–H and O–H groups in total. The van der Waals surface area contributed by atoms with Gasteiger partial charge in [0.05, 0.1) is 54.2 Å². The van der Waals surface area contributed by atoms with E-state index < -0.39 is 81.0 Å². The van der Waals surface area contributed by atoms with Crippen molar-refractivity contribution in [2.24, 2.45) is 11.8 Å². The smallest absolute Gasteiger partial charge is 0.425 e. The summed E-state index contributed by atoms with van der Waals surface area (Å²) in [5.41, 5.74) is 16.3. The Morgan fingerprint density at radius 2 is 0.777 bits per heavy atom. The van der Waals surface area contributed by atoms with Crippen LogP contribution in [-0.4, -0.2) is 170 Å². The van der Waals surface area contributed by atoms with Crippen LogP contribution in [0.4, 0.5) is 71.3 Å². The molecule has 4 spiro atoms. The van der Waals surface area contributed by atoms with Gasteiger partial charge in [-0.3, -0.25) is 47.5 Å². The van der Waals surface area contributed by atoms with Gasteiger partial charge in [0.25, 0.3) is 22.9 Å². The number of ether oxygens (including phenoxy) is 6. The van der Waals surface area contributed by atoms with Gasteiger partial charge in [-0.15, -0.1) is 47.3 Å². The second-order valence-corrected chi connectivity index (χ2v) is 45.9. The van der Waals surface area contributed by atoms with Crippen LogP contribution in [0.3, 0.4) is 0 Å². The fraction of sp³-hybridized carbons (Fsp3) is 0.522. The normalized spacial score (nSPS) is 18.7. The molecule has 16 rings (SSSR count). The number of fused-ring (bicyclic) bond motifs is 8. The van der Waals surface area contributed by atoms with Crippen molar-refractivity contribution in [3.63, 3.8) is 0 Å². The van der Waals surface area contributed by atoms with E-state index in [1.165, 1.54) is 26.9 Å². The number of allylic oxidation sites excluding steroid dienone is 6. The van der Waals surface area contributed by atoms with Gasteiger partial charge in [0.1, 0.15) is 76.1 Å². The number of ketones is 2. The molecule has 10 heterocycles. The number of aromatic nitrogens is 10. The fourth-order valence-electron chi connectivity index (χ4n) is 18.7. The molecule has 748 valence electrons. The minimum Gasteiger partial charge on any atom is -0.502 e. The average molecular weight is 2140 g/mol. The second-order valence-electron chi connectivity index (χ2n) is 39.1. The number of hydrogen-bond acceptors (Lipinski definition) is 34. The molecule has 2 atom stereocenters. The predicted octanol–water partition coefficient (Wildman–Crippen LogP) is 14.6. The number of anilines is 9. The van der Waals surface area contributed by atoms with Crippen LogP contribution in [0.1, 0.15) is 257 Å². The van der Waals surface area contributed by atoms with Crippen molar-refractivity contribution in [3.8, 4) is 23.0 Å². The van der Waals surface area contributed by atoms with Gasteiger partial charge in [-0.25, -0.2) is 59.0 Å². The van der Waals surface area contributed by atoms with Gasteiger partial charge in [-0.1, -0.05) is 63.0 Å². The van der Waals surface area contributed by atoms with Crippen LogP contribution in [-0.2, 0) is 49.5 Å². The number of carbonyl (C=O) groups is 10. The molecule has 2 saturated heterocycles. The van der Waals surface area contributed by atoms with E-state index in [-0.39, 0.29) is 135 Å². The largest absolute Gasteiger partial charge is 0.502 e. The van der Waals surface area contributed by atoms with E-state index in [4.69, 9.17) is 57.2 Å². The highest BCUT2D eigenvalue weighted by Gasteiger charge is 2.58. The quantitative estimate of drug-likeness (QED) is 0.0344. The number of carbonyl (C=O) groups excluding carboxylic acids is 10. The molecule has 6 aliphatic carbocycles. The van der Waals surface area contributed by atoms with Crippen LogP contribution in [0.2, 0.25) is 5.15 Å². The lowest BCUT2D eigenvalue weighted by atomic mass is 9.68. The number of hydrogen-bond donors (Lipinski definition) is 12. The Morgan fingerprint density at radius 1 is 0.453 bits per heavy atom. The third kappa shape index (κ3) is 23.9. The number of nitrogens with one attached hydrogen (secondary N) is 7. The molecule has 6 fully saturated rings. The van der Waals surface area contributed by atoms with Crippen molar-refractivity contribution in [1.82, 2.24) is 70.3 Å². The van der Waals surface area contributed by atoms with Gasteiger partial charge < -0.3 is 93.1 Å². The lowest BCUT2D eigenvalue weighted by molar-refractivity contribution is -0.121. The number of rotatable bonds is 10. The minimum atomic E-state index is -1.03. The molecule has 6 aromatic rings. The van der Waals surface area contributed by atoms with Crippen LogP contribution in [0, 0.1) is 25.7 Å². The zero-order valence-corrected chi connectivity index (χ0v) is 86.4. The molecule has 0 bridgehead atoms. The molecule has 0 radical (unpaired) electrons. The van der Waals surface area contributed by atoms with Gasteiger partial charge in [0.2, 0.25) is 29.1 Å². The number of aromatic hydroxyl groups is 2. The highest BCUT2D eigenvalue weighted by atomic mass is 79.9. The maximum atomic E-state index is 13.9. The number of nitrogen functional groups attached to an aromatic ring is 3. The second kappa shape index (κ2) is 42.8. The average Bonchev–Trinajstić information content (AvgIpc) is 1.59. The molecular weight excluding hydrogens is 2020 g/mol. The molecule has 2 unspecified atom stereocenters. The first kappa shape index (κ1) is 107. The standard InChI is InChI=1S/C29H39N5O7.C18H21N5O3.C17H20N6O3.C15H22ClN3O5.C13H17N3O2.BBr3/c1-16-14-17(20(35)19-18(16)24(36)33-29(19)12-10-9-11-13-29)32-22-21(39-8)23(31-15-30-22)34(25(37)40-27(2,3)4)26(38)41-28(5,6)7;1-9-7-10(22-16-14(25)15(19)20-8-21-16)13(24)12-11(9)17(26)23-18(12)5-3-2-4-6-18;1-9-7-10(21-14-12(24)13(18)19-8-20-14)16(26)23-11(9)15(25)22-17(23)5-3-2-4-6-17;1-14(2,3)23-12(20)19(13(21)24-15(4,5)6)11-9(22-7)10(16)17-8-18-11;1-8-7-9(14)12(18)16-10(8)11(17)15-13(16)5-3-2-4-6-13;2-1(3)4/h14-15,19H,9-13H2,1-8H3,(H,33,36)(H,30,31,32);7-8,12,25H,2-6H2,1H3,(H,23,26)(H3,19,20,21,22);7-8,24H,2-6H2,1H3,(H,22,25)(H3,18,19,20,21);8H,1-7H3;7H,2-6,14H2,1H3,(H,15,17);. The number of amides is 8. The number of methoxy groups -OCH3 is 2. The van der Waals surface area contributed by atoms with Crippen LogP contribution < -0.4 is 84.8 Å². The summed E-state index contributed by atoms with van der Waals surface area (Å²) in [5.74, 6) is -3.41. The Kier molecular flexibility index (Phi) is 33.0. The zero-order chi connectivity index (χ0) is 102. The van der Waals surface area contributed by atoms with E-state index in [9.17, 15) is 67.7 Å². The SMILES string of the molecule is BrB(Br)Br.CC1=C2C(=O)NC3(CCCCC3)C2C(=O)C(Nc2ncnc(N)c2O)=C1.COc1c(Cl)ncnc1N(C(=O)OC(C)(C)C)C(=O)OC(C)(C)C.COc1c(NC2=CC(C)=C3C(=O)NC4(CCCCC4)C3C2=O)ncnc1N(C(=O)OC(C)(C)C)C(=O)OC(C)(C)C.Cc1cc(N)c(=O)n2c1C(=O)NC21CCCCC1.Cc1cc(Nc2ncnc(N)c2O)c(=O)n2c1C(=O)NC21CCCCC1. The van der Waals surface area contributed by atoms with Crippen molar-refractivity contribution in [2.75, 3.05) is 57.2 Å². The van der Waals surface area contributed by atoms with Crippen LogP contribution in [0.15, 0.2) is 92.9 Å². The van der Waals surface area contributed by atoms with Crippen LogP contribution in [0.25, 0.3) is 0 Å². The van der Waals surface area contributed by atoms with Crippen LogP contribution >= 0.6 is 58.9 Å². The number of halogens is 4. The molecule has 4 aliphatic heterocycles. The number of nitrogens with zero attached hydrogens (tertiary/aromatic N) is 12. The predicted molar refractivity (Wildman–Crippen MR) is 530 cm³/mol. The van der Waals surface area contributed by atoms with Crippen molar-refractivity contribution >= 4 is 174 Å². The third-order valence-electron chi connectivity index (χ3n) is 24.3. The van der Waals surface area contributed by atoms with Gasteiger partial charge >= 0.3 is 27.6 Å². The first-order valence-electron chi connectivity index (χ1n) is 45.4. The molecule has 139 heavy (non-hydrogen) atoms. The molecule has 42 nitrogen and oxygen atoms in total. The van der Waals surface area contributed by atoms with E-state index in [2.05, 4.69) is 124 Å². The first-order chi connectivity index (χ1) is 65.1. The number of pyridine rings is 2. The monoisotopic (exact) mass is 2130 g/mol. The fourth-order valence-corrected chi connectivity index (χ4v) is 18.9. The molecular formula is C92H119BBr3ClN22O20. The maximum absolute atomic E-state index is 13.9. The first-order valence-corrected chi connectivity index (χ1v) is 48.5. The summed E-state index contributed by atoms with van der Waals surface area (Å²) >= 11 is 15.3. The molecule has 8 amide bonds. The van der Waals surface area contributed by atoms with E-state index in [1.807, 2.05) is 13.8 Å². The van der Waals surface area contributed by atoms with E-state index in [0.29, 0.717) is 49.2 Å². The summed E-state index contributed by atoms with van der Waals surface area (Å²) < 4.78 is 35.6. The minimum absolute atomic E-state index is 0.0421. The van der Waals surface area contributed by atoms with Crippen molar-refractivity contribution < 1.29 is 86.6 Å².